The summed E-state index contributed by atoms with van der Waals surface area (Å²) in [4.78, 5) is 4.42. The van der Waals surface area contributed by atoms with Crippen molar-refractivity contribution in [2.45, 2.75) is 51.4 Å². The lowest BCUT2D eigenvalue weighted by molar-refractivity contribution is -0.00484. The van der Waals surface area contributed by atoms with E-state index in [0.29, 0.717) is 18.8 Å². The Balaban J connectivity index is 1.84. The summed E-state index contributed by atoms with van der Waals surface area (Å²) < 4.78 is 5.97. The smallest absolute Gasteiger partial charge is 0.0901 e. The van der Waals surface area contributed by atoms with Crippen LogP contribution in [0.4, 0.5) is 0 Å². The highest BCUT2D eigenvalue weighted by molar-refractivity contribution is 7.09. The van der Waals surface area contributed by atoms with Gasteiger partial charge in [0.05, 0.1) is 23.4 Å². The Morgan fingerprint density at radius 2 is 2.31 bits per heavy atom. The molecule has 2 rings (SSSR count). The van der Waals surface area contributed by atoms with Crippen LogP contribution in [-0.2, 0) is 11.3 Å². The lowest BCUT2D eigenvalue weighted by Crippen LogP contribution is -2.41. The second-order valence-corrected chi connectivity index (χ2v) is 5.45. The van der Waals surface area contributed by atoms with E-state index >= 15 is 0 Å². The van der Waals surface area contributed by atoms with Gasteiger partial charge in [0.25, 0.3) is 0 Å². The summed E-state index contributed by atoms with van der Waals surface area (Å²) in [5.74, 6) is 0. The lowest BCUT2D eigenvalue weighted by Gasteiger charge is -2.30. The molecule has 3 nitrogen and oxygen atoms in total. The summed E-state index contributed by atoms with van der Waals surface area (Å²) in [7, 11) is 2.03. The normalized spacial score (nSPS) is 25.9. The summed E-state index contributed by atoms with van der Waals surface area (Å²) in [6.07, 6.45) is 5.38. The van der Waals surface area contributed by atoms with E-state index in [9.17, 15) is 0 Å². The highest BCUT2D eigenvalue weighted by Crippen LogP contribution is 2.22. The molecule has 1 N–H and O–H groups in total. The van der Waals surface area contributed by atoms with E-state index in [2.05, 4.69) is 15.7 Å². The first-order valence-corrected chi connectivity index (χ1v) is 6.87. The number of hydrogen-bond donors (Lipinski definition) is 1. The number of aryl methyl sites for hydroxylation is 1. The fraction of sp³-hybridized carbons (Fsp3) is 0.750. The molecule has 1 fully saturated rings. The first kappa shape index (κ1) is 12.0. The summed E-state index contributed by atoms with van der Waals surface area (Å²) in [5.41, 5.74) is 1.07. The van der Waals surface area contributed by atoms with Crippen molar-refractivity contribution in [2.24, 2.45) is 0 Å². The molecule has 0 amide bonds. The van der Waals surface area contributed by atoms with Crippen LogP contribution in [0.2, 0.25) is 0 Å². The number of nitrogens with zero attached hydrogens (tertiary/aromatic N) is 1. The molecule has 0 aromatic carbocycles. The SMILES string of the molecule is CNC1CCCCC1OCc1csc(C)n1. The van der Waals surface area contributed by atoms with Crippen molar-refractivity contribution in [3.8, 4) is 0 Å². The minimum absolute atomic E-state index is 0.362. The number of ether oxygens (including phenoxy) is 1. The monoisotopic (exact) mass is 240 g/mol. The largest absolute Gasteiger partial charge is 0.370 e. The van der Waals surface area contributed by atoms with Crippen molar-refractivity contribution in [3.05, 3.63) is 16.1 Å². The van der Waals surface area contributed by atoms with Crippen LogP contribution in [0.1, 0.15) is 36.4 Å². The van der Waals surface area contributed by atoms with Gasteiger partial charge in [-0.2, -0.15) is 0 Å². The second-order valence-electron chi connectivity index (χ2n) is 4.39. The first-order chi connectivity index (χ1) is 7.79. The molecule has 0 radical (unpaired) electrons. The van der Waals surface area contributed by atoms with Crippen LogP contribution in [-0.4, -0.2) is 24.2 Å². The van der Waals surface area contributed by atoms with Gasteiger partial charge in [0.1, 0.15) is 0 Å². The van der Waals surface area contributed by atoms with E-state index in [-0.39, 0.29) is 0 Å². The third-order valence-electron chi connectivity index (χ3n) is 3.19. The molecular formula is C12H20N2OS. The lowest BCUT2D eigenvalue weighted by atomic mass is 9.92. The predicted molar refractivity (Wildman–Crippen MR) is 66.7 cm³/mol. The van der Waals surface area contributed by atoms with Crippen molar-refractivity contribution < 1.29 is 4.74 Å². The van der Waals surface area contributed by atoms with E-state index < -0.39 is 0 Å². The number of hydrogen-bond acceptors (Lipinski definition) is 4. The molecule has 1 aromatic heterocycles. The van der Waals surface area contributed by atoms with Crippen molar-refractivity contribution in [1.82, 2.24) is 10.3 Å². The quantitative estimate of drug-likeness (QED) is 0.878. The van der Waals surface area contributed by atoms with E-state index in [1.807, 2.05) is 14.0 Å². The van der Waals surface area contributed by atoms with Crippen LogP contribution in [0.25, 0.3) is 0 Å². The Bertz CT molecular complexity index is 327. The number of aromatic nitrogens is 1. The minimum Gasteiger partial charge on any atom is -0.370 e. The third-order valence-corrected chi connectivity index (χ3v) is 4.01. The topological polar surface area (TPSA) is 34.1 Å². The van der Waals surface area contributed by atoms with Gasteiger partial charge in [-0.1, -0.05) is 12.8 Å². The average molecular weight is 240 g/mol. The summed E-state index contributed by atoms with van der Waals surface area (Å²) in [5, 5.41) is 6.56. The Hall–Kier alpha value is -0.450. The standard InChI is InChI=1S/C12H20N2OS/c1-9-14-10(8-16-9)7-15-12-6-4-3-5-11(12)13-2/h8,11-13H,3-7H2,1-2H3. The number of nitrogens with one attached hydrogen (secondary N) is 1. The van der Waals surface area contributed by atoms with Gasteiger partial charge >= 0.3 is 0 Å². The van der Waals surface area contributed by atoms with Crippen molar-refractivity contribution in [1.29, 1.82) is 0 Å². The van der Waals surface area contributed by atoms with E-state index in [0.717, 1.165) is 10.7 Å². The zero-order valence-electron chi connectivity index (χ0n) is 10.0. The molecule has 0 bridgehead atoms. The van der Waals surface area contributed by atoms with Gasteiger partial charge in [-0.15, -0.1) is 11.3 Å². The van der Waals surface area contributed by atoms with Crippen LogP contribution >= 0.6 is 11.3 Å². The molecule has 0 spiro atoms. The van der Waals surface area contributed by atoms with E-state index in [1.54, 1.807) is 11.3 Å². The first-order valence-electron chi connectivity index (χ1n) is 5.99. The molecule has 2 unspecified atom stereocenters. The van der Waals surface area contributed by atoms with Gasteiger partial charge in [0.15, 0.2) is 0 Å². The molecule has 0 saturated heterocycles. The molecule has 1 aliphatic carbocycles. The number of likely N-dealkylation sites (N-methyl/N-ethyl adjacent to an activating group) is 1. The predicted octanol–water partition coefficient (Wildman–Crippen LogP) is 2.50. The average Bonchev–Trinajstić information content (AvgIpc) is 2.73. The van der Waals surface area contributed by atoms with Gasteiger partial charge in [0.2, 0.25) is 0 Å². The van der Waals surface area contributed by atoms with Crippen LogP contribution < -0.4 is 5.32 Å². The third kappa shape index (κ3) is 3.03. The summed E-state index contributed by atoms with van der Waals surface area (Å²) in [6, 6.07) is 0.522. The van der Waals surface area contributed by atoms with E-state index in [4.69, 9.17) is 4.74 Å². The zero-order chi connectivity index (χ0) is 11.4. The Morgan fingerprint density at radius 1 is 1.50 bits per heavy atom. The van der Waals surface area contributed by atoms with E-state index in [1.165, 1.54) is 25.7 Å². The number of rotatable bonds is 4. The Labute approximate surface area is 101 Å². The van der Waals surface area contributed by atoms with Crippen molar-refractivity contribution in [3.63, 3.8) is 0 Å². The highest BCUT2D eigenvalue weighted by atomic mass is 32.1. The Kier molecular flexibility index (Phi) is 4.32. The molecule has 2 atom stereocenters. The van der Waals surface area contributed by atoms with Crippen LogP contribution in [0.3, 0.4) is 0 Å². The van der Waals surface area contributed by atoms with Gasteiger partial charge in [-0.3, -0.25) is 0 Å². The van der Waals surface area contributed by atoms with Gasteiger partial charge in [-0.05, 0) is 26.8 Å². The summed E-state index contributed by atoms with van der Waals surface area (Å²) >= 11 is 1.69. The molecule has 4 heteroatoms. The molecule has 0 aliphatic heterocycles. The molecule has 1 saturated carbocycles. The maximum atomic E-state index is 5.97. The minimum atomic E-state index is 0.362. The highest BCUT2D eigenvalue weighted by Gasteiger charge is 2.24. The molecule has 1 heterocycles. The molecule has 1 aromatic rings. The number of thiazole rings is 1. The maximum absolute atomic E-state index is 5.97. The molecule has 1 aliphatic rings. The zero-order valence-corrected chi connectivity index (χ0v) is 10.8. The van der Waals surface area contributed by atoms with Gasteiger partial charge in [0, 0.05) is 11.4 Å². The summed E-state index contributed by atoms with van der Waals surface area (Å²) in [6.45, 7) is 2.69. The fourth-order valence-corrected chi connectivity index (χ4v) is 2.89. The van der Waals surface area contributed by atoms with Gasteiger partial charge in [-0.25, -0.2) is 4.98 Å². The second kappa shape index (κ2) is 5.75. The molecule has 16 heavy (non-hydrogen) atoms. The van der Waals surface area contributed by atoms with Crippen molar-refractivity contribution in [2.75, 3.05) is 7.05 Å². The van der Waals surface area contributed by atoms with Crippen molar-refractivity contribution >= 4 is 11.3 Å². The Morgan fingerprint density at radius 3 is 3.00 bits per heavy atom. The van der Waals surface area contributed by atoms with Crippen LogP contribution in [0, 0.1) is 6.92 Å². The molecular weight excluding hydrogens is 220 g/mol. The van der Waals surface area contributed by atoms with Crippen LogP contribution in [0.5, 0.6) is 0 Å². The fourth-order valence-electron chi connectivity index (χ4n) is 2.29. The molecule has 90 valence electrons. The van der Waals surface area contributed by atoms with Gasteiger partial charge < -0.3 is 10.1 Å². The maximum Gasteiger partial charge on any atom is 0.0901 e. The van der Waals surface area contributed by atoms with Crippen LogP contribution in [0.15, 0.2) is 5.38 Å².